The molecule has 7 nitrogen and oxygen atoms in total. The monoisotopic (exact) mass is 482 g/mol. The van der Waals surface area contributed by atoms with Crippen LogP contribution >= 0.6 is 0 Å². The minimum absolute atomic E-state index is 0.0197. The van der Waals surface area contributed by atoms with Gasteiger partial charge in [0, 0.05) is 29.8 Å². The van der Waals surface area contributed by atoms with Crippen LogP contribution in [-0.4, -0.2) is 18.5 Å². The molecular weight excluding hydrogens is 452 g/mol. The largest absolute Gasteiger partial charge is 0.507 e. The van der Waals surface area contributed by atoms with E-state index in [1.54, 1.807) is 30.3 Å². The van der Waals surface area contributed by atoms with Crippen LogP contribution in [0.2, 0.25) is 0 Å². The van der Waals surface area contributed by atoms with Gasteiger partial charge in [-0.05, 0) is 55.0 Å². The topological polar surface area (TPSA) is 110 Å². The normalized spacial score (nSPS) is 15.3. The van der Waals surface area contributed by atoms with Gasteiger partial charge in [0.1, 0.15) is 11.5 Å². The van der Waals surface area contributed by atoms with Crippen molar-refractivity contribution in [2.24, 2.45) is 5.92 Å². The molecule has 1 aliphatic carbocycles. The fourth-order valence-electron chi connectivity index (χ4n) is 4.69. The number of nitrogens with one attached hydrogen (secondary N) is 1. The van der Waals surface area contributed by atoms with E-state index in [2.05, 4.69) is 9.71 Å². The molecule has 180 valence electrons. The van der Waals surface area contributed by atoms with Crippen LogP contribution in [0.4, 0.5) is 5.69 Å². The van der Waals surface area contributed by atoms with Gasteiger partial charge in [-0.3, -0.25) is 4.72 Å². The zero-order chi connectivity index (χ0) is 24.3. The zero-order valence-corrected chi connectivity index (χ0v) is 20.3. The van der Waals surface area contributed by atoms with Crippen LogP contribution in [0.15, 0.2) is 62.9 Å². The van der Waals surface area contributed by atoms with Crippen molar-refractivity contribution in [3.8, 4) is 5.75 Å². The molecule has 3 aromatic rings. The van der Waals surface area contributed by atoms with Gasteiger partial charge in [-0.1, -0.05) is 44.9 Å². The Kier molecular flexibility index (Phi) is 7.07. The lowest BCUT2D eigenvalue weighted by atomic mass is 9.81. The van der Waals surface area contributed by atoms with Crippen molar-refractivity contribution < 1.29 is 17.9 Å². The number of aromatic hydroxyl groups is 1. The number of aromatic nitrogens is 1. The van der Waals surface area contributed by atoms with E-state index in [4.69, 9.17) is 4.42 Å². The number of sulfonamides is 1. The third kappa shape index (κ3) is 5.01. The molecule has 0 aliphatic heterocycles. The summed E-state index contributed by atoms with van der Waals surface area (Å²) in [5.74, 6) is 0.0889. The van der Waals surface area contributed by atoms with Gasteiger partial charge >= 0.3 is 5.63 Å². The van der Waals surface area contributed by atoms with E-state index < -0.39 is 21.6 Å². The van der Waals surface area contributed by atoms with Crippen LogP contribution in [-0.2, 0) is 22.9 Å². The first-order valence-corrected chi connectivity index (χ1v) is 13.2. The van der Waals surface area contributed by atoms with Crippen molar-refractivity contribution in [3.63, 3.8) is 0 Å². The van der Waals surface area contributed by atoms with Gasteiger partial charge in [0.15, 0.2) is 5.03 Å². The minimum Gasteiger partial charge on any atom is -0.507 e. The van der Waals surface area contributed by atoms with Gasteiger partial charge in [-0.25, -0.2) is 9.78 Å². The molecule has 2 N–H and O–H groups in total. The number of aryl methyl sites for hydroxylation is 1. The summed E-state index contributed by atoms with van der Waals surface area (Å²) in [6.07, 6.45) is 6.77. The number of hydrogen-bond acceptors (Lipinski definition) is 6. The van der Waals surface area contributed by atoms with Crippen molar-refractivity contribution in [1.82, 2.24) is 4.98 Å². The Morgan fingerprint density at radius 3 is 2.50 bits per heavy atom. The van der Waals surface area contributed by atoms with E-state index in [-0.39, 0.29) is 22.3 Å². The summed E-state index contributed by atoms with van der Waals surface area (Å²) < 4.78 is 33.8. The summed E-state index contributed by atoms with van der Waals surface area (Å²) in [5.41, 5.74) is 1.49. The van der Waals surface area contributed by atoms with E-state index in [0.29, 0.717) is 29.9 Å². The molecule has 0 saturated carbocycles. The smallest absolute Gasteiger partial charge is 0.343 e. The number of fused-ring (bicyclic) bond motifs is 1. The Morgan fingerprint density at radius 2 is 1.79 bits per heavy atom. The zero-order valence-electron chi connectivity index (χ0n) is 19.5. The van der Waals surface area contributed by atoms with Gasteiger partial charge < -0.3 is 9.52 Å². The predicted octanol–water partition coefficient (Wildman–Crippen LogP) is 4.99. The molecule has 4 rings (SSSR count). The maximum absolute atomic E-state index is 13.1. The lowest BCUT2D eigenvalue weighted by Crippen LogP contribution is -2.21. The lowest BCUT2D eigenvalue weighted by molar-refractivity contribution is 0.376. The molecule has 1 aliphatic rings. The molecule has 34 heavy (non-hydrogen) atoms. The van der Waals surface area contributed by atoms with Gasteiger partial charge in [0.2, 0.25) is 0 Å². The van der Waals surface area contributed by atoms with Crippen LogP contribution in [0.5, 0.6) is 5.75 Å². The molecular formula is C26H30N2O5S. The maximum atomic E-state index is 13.1. The quantitative estimate of drug-likeness (QED) is 0.512. The summed E-state index contributed by atoms with van der Waals surface area (Å²) in [6.45, 7) is 3.93. The van der Waals surface area contributed by atoms with E-state index in [9.17, 15) is 18.3 Å². The third-order valence-corrected chi connectivity index (χ3v) is 7.58. The van der Waals surface area contributed by atoms with Crippen molar-refractivity contribution in [1.29, 1.82) is 0 Å². The van der Waals surface area contributed by atoms with Crippen LogP contribution in [0.25, 0.3) is 0 Å². The average molecular weight is 483 g/mol. The second-order valence-electron chi connectivity index (χ2n) is 9.09. The number of pyridine rings is 1. The summed E-state index contributed by atoms with van der Waals surface area (Å²) >= 11 is 0. The molecule has 1 unspecified atom stereocenters. The fraction of sp³-hybridized carbons (Fsp3) is 0.385. The van der Waals surface area contributed by atoms with E-state index in [1.807, 2.05) is 19.9 Å². The molecule has 0 amide bonds. The van der Waals surface area contributed by atoms with Crippen molar-refractivity contribution in [2.45, 2.75) is 63.3 Å². The Bertz CT molecular complexity index is 1320. The summed E-state index contributed by atoms with van der Waals surface area (Å²) in [4.78, 5) is 17.0. The first-order valence-electron chi connectivity index (χ1n) is 11.7. The molecule has 2 heterocycles. The molecule has 0 fully saturated rings. The number of hydrogen-bond donors (Lipinski definition) is 2. The Hall–Kier alpha value is -3.13. The number of anilines is 1. The Labute approximate surface area is 199 Å². The molecule has 1 aromatic carbocycles. The van der Waals surface area contributed by atoms with Gasteiger partial charge in [-0.15, -0.1) is 0 Å². The SMILES string of the molecule is CC(C)C(c1cccc(NS(=O)(=O)c2ccccn2)c1)c1c(O)c2c(oc1=O)CCCCCC2. The van der Waals surface area contributed by atoms with E-state index in [0.717, 1.165) is 31.2 Å². The van der Waals surface area contributed by atoms with Crippen molar-refractivity contribution in [3.05, 3.63) is 81.5 Å². The molecule has 2 aromatic heterocycles. The maximum Gasteiger partial charge on any atom is 0.343 e. The molecule has 0 radical (unpaired) electrons. The molecule has 8 heteroatoms. The van der Waals surface area contributed by atoms with Crippen LogP contribution in [0, 0.1) is 5.92 Å². The molecule has 1 atom stereocenters. The summed E-state index contributed by atoms with van der Waals surface area (Å²) in [7, 11) is -3.87. The number of nitrogens with zero attached hydrogens (tertiary/aromatic N) is 1. The number of benzene rings is 1. The average Bonchev–Trinajstić information content (AvgIpc) is 2.78. The second-order valence-corrected chi connectivity index (χ2v) is 10.7. The Balaban J connectivity index is 1.75. The minimum atomic E-state index is -3.87. The first kappa shape index (κ1) is 24.0. The molecule has 0 bridgehead atoms. The molecule has 0 saturated heterocycles. The lowest BCUT2D eigenvalue weighted by Gasteiger charge is -2.24. The third-order valence-electron chi connectivity index (χ3n) is 6.28. The van der Waals surface area contributed by atoms with Gasteiger partial charge in [0.25, 0.3) is 10.0 Å². The highest BCUT2D eigenvalue weighted by molar-refractivity contribution is 7.92. The predicted molar refractivity (Wildman–Crippen MR) is 131 cm³/mol. The molecule has 0 spiro atoms. The second kappa shape index (κ2) is 10.0. The summed E-state index contributed by atoms with van der Waals surface area (Å²) in [5, 5.41) is 11.2. The highest BCUT2D eigenvalue weighted by atomic mass is 32.2. The van der Waals surface area contributed by atoms with Crippen LogP contribution in [0.3, 0.4) is 0 Å². The van der Waals surface area contributed by atoms with Crippen molar-refractivity contribution >= 4 is 15.7 Å². The standard InChI is InChI=1S/C26H30N2O5S/c1-17(2)23(24-25(29)20-12-5-3-4-6-13-21(20)33-26(24)30)18-10-9-11-19(16-18)28-34(31,32)22-14-7-8-15-27-22/h7-11,14-17,23,28-29H,3-6,12-13H2,1-2H3. The van der Waals surface area contributed by atoms with Crippen LogP contribution < -0.4 is 10.3 Å². The van der Waals surface area contributed by atoms with Gasteiger partial charge in [-0.2, -0.15) is 8.42 Å². The van der Waals surface area contributed by atoms with Gasteiger partial charge in [0.05, 0.1) is 5.56 Å². The highest BCUT2D eigenvalue weighted by Gasteiger charge is 2.29. The van der Waals surface area contributed by atoms with Crippen molar-refractivity contribution in [2.75, 3.05) is 4.72 Å². The van der Waals surface area contributed by atoms with Crippen LogP contribution in [0.1, 0.15) is 67.9 Å². The number of rotatable bonds is 6. The fourth-order valence-corrected chi connectivity index (χ4v) is 5.69. The Morgan fingerprint density at radius 1 is 1.03 bits per heavy atom. The highest BCUT2D eigenvalue weighted by Crippen LogP contribution is 2.39. The first-order chi connectivity index (χ1) is 16.3. The summed E-state index contributed by atoms with van der Waals surface area (Å²) in [6, 6.07) is 11.6. The van der Waals surface area contributed by atoms with E-state index in [1.165, 1.54) is 12.3 Å². The van der Waals surface area contributed by atoms with E-state index >= 15 is 0 Å².